The van der Waals surface area contributed by atoms with Gasteiger partial charge in [0.05, 0.1) is 11.4 Å². The monoisotopic (exact) mass is 373 g/mol. The lowest BCUT2D eigenvalue weighted by Crippen LogP contribution is -2.14. The van der Waals surface area contributed by atoms with Gasteiger partial charge in [-0.3, -0.25) is 9.40 Å². The van der Waals surface area contributed by atoms with Gasteiger partial charge in [0.15, 0.2) is 0 Å². The Morgan fingerprint density at radius 2 is 1.76 bits per heavy atom. The van der Waals surface area contributed by atoms with Crippen molar-refractivity contribution < 1.29 is 8.42 Å². The van der Waals surface area contributed by atoms with E-state index in [1.165, 1.54) is 11.8 Å². The first-order valence-electron chi connectivity index (χ1n) is 7.88. The van der Waals surface area contributed by atoms with E-state index >= 15 is 0 Å². The van der Waals surface area contributed by atoms with Crippen molar-refractivity contribution in [3.05, 3.63) is 66.5 Å². The molecule has 0 atom stereocenters. The minimum Gasteiger partial charge on any atom is -0.278 e. The number of sulfonamides is 1. The minimum absolute atomic E-state index is 0.203. The van der Waals surface area contributed by atoms with Crippen LogP contribution in [0.1, 0.15) is 12.6 Å². The summed E-state index contributed by atoms with van der Waals surface area (Å²) in [6.45, 7) is 4.24. The maximum atomic E-state index is 12.8. The van der Waals surface area contributed by atoms with Crippen LogP contribution in [-0.2, 0) is 16.6 Å². The molecule has 0 radical (unpaired) electrons. The SMILES string of the molecule is CCn1cc(S(=O)(=O)Nc2ccccc2Sc2ccccc2)c(C)n1. The average molecular weight is 374 g/mol. The van der Waals surface area contributed by atoms with Crippen molar-refractivity contribution in [1.29, 1.82) is 0 Å². The highest BCUT2D eigenvalue weighted by molar-refractivity contribution is 7.99. The van der Waals surface area contributed by atoms with E-state index in [9.17, 15) is 8.42 Å². The van der Waals surface area contributed by atoms with Crippen LogP contribution < -0.4 is 4.72 Å². The van der Waals surface area contributed by atoms with Crippen LogP contribution in [0.15, 0.2) is 75.5 Å². The van der Waals surface area contributed by atoms with Crippen molar-refractivity contribution in [2.24, 2.45) is 0 Å². The third-order valence-corrected chi connectivity index (χ3v) is 6.17. The van der Waals surface area contributed by atoms with Gasteiger partial charge in [-0.2, -0.15) is 5.10 Å². The van der Waals surface area contributed by atoms with E-state index in [1.54, 1.807) is 23.9 Å². The second-order valence-electron chi connectivity index (χ2n) is 5.45. The quantitative estimate of drug-likeness (QED) is 0.704. The summed E-state index contributed by atoms with van der Waals surface area (Å²) in [5.74, 6) is 0. The molecular formula is C18H19N3O2S2. The van der Waals surface area contributed by atoms with Crippen molar-refractivity contribution in [2.75, 3.05) is 4.72 Å². The molecule has 1 heterocycles. The number of aryl methyl sites for hydroxylation is 2. The van der Waals surface area contributed by atoms with E-state index in [-0.39, 0.29) is 4.90 Å². The van der Waals surface area contributed by atoms with Crippen LogP contribution in [0.4, 0.5) is 5.69 Å². The Kier molecular flexibility index (Phi) is 5.15. The molecular weight excluding hydrogens is 354 g/mol. The van der Waals surface area contributed by atoms with Gasteiger partial charge in [-0.1, -0.05) is 42.1 Å². The maximum absolute atomic E-state index is 12.8. The molecule has 2 aromatic carbocycles. The second-order valence-corrected chi connectivity index (χ2v) is 8.22. The van der Waals surface area contributed by atoms with E-state index in [0.717, 1.165) is 9.79 Å². The third kappa shape index (κ3) is 4.05. The predicted molar refractivity (Wildman–Crippen MR) is 100 cm³/mol. The van der Waals surface area contributed by atoms with E-state index in [1.807, 2.05) is 55.5 Å². The number of benzene rings is 2. The molecule has 0 unspecified atom stereocenters. The van der Waals surface area contributed by atoms with Gasteiger partial charge >= 0.3 is 0 Å². The van der Waals surface area contributed by atoms with E-state index in [0.29, 0.717) is 17.9 Å². The Hall–Kier alpha value is -2.25. The van der Waals surface area contributed by atoms with Crippen molar-refractivity contribution in [3.63, 3.8) is 0 Å². The van der Waals surface area contributed by atoms with Gasteiger partial charge in [0.1, 0.15) is 4.90 Å². The molecule has 0 amide bonds. The summed E-state index contributed by atoms with van der Waals surface area (Å²) in [6, 6.07) is 17.2. The lowest BCUT2D eigenvalue weighted by atomic mass is 10.3. The minimum atomic E-state index is -3.69. The molecule has 3 rings (SSSR count). The summed E-state index contributed by atoms with van der Waals surface area (Å²) >= 11 is 1.52. The van der Waals surface area contributed by atoms with Crippen LogP contribution in [0.25, 0.3) is 0 Å². The molecule has 3 aromatic rings. The normalized spacial score (nSPS) is 11.4. The maximum Gasteiger partial charge on any atom is 0.265 e. The Morgan fingerprint density at radius 1 is 1.08 bits per heavy atom. The molecule has 25 heavy (non-hydrogen) atoms. The molecule has 0 aliphatic carbocycles. The van der Waals surface area contributed by atoms with Crippen molar-refractivity contribution >= 4 is 27.5 Å². The van der Waals surface area contributed by atoms with Crippen molar-refractivity contribution in [1.82, 2.24) is 9.78 Å². The molecule has 1 aromatic heterocycles. The fourth-order valence-corrected chi connectivity index (χ4v) is 4.64. The molecule has 130 valence electrons. The Labute approximate surface area is 152 Å². The van der Waals surface area contributed by atoms with E-state index in [4.69, 9.17) is 0 Å². The van der Waals surface area contributed by atoms with Crippen LogP contribution in [0.5, 0.6) is 0 Å². The highest BCUT2D eigenvalue weighted by Gasteiger charge is 2.21. The number of hydrogen-bond donors (Lipinski definition) is 1. The molecule has 7 heteroatoms. The standard InChI is InChI=1S/C18H19N3O2S2/c1-3-21-13-18(14(2)19-21)25(22,23)20-16-11-7-8-12-17(16)24-15-9-5-4-6-10-15/h4-13,20H,3H2,1-2H3. The van der Waals surface area contributed by atoms with Crippen molar-refractivity contribution in [3.8, 4) is 0 Å². The summed E-state index contributed by atoms with van der Waals surface area (Å²) in [7, 11) is -3.69. The van der Waals surface area contributed by atoms with Crippen LogP contribution in [-0.4, -0.2) is 18.2 Å². The highest BCUT2D eigenvalue weighted by atomic mass is 32.2. The van der Waals surface area contributed by atoms with Crippen LogP contribution >= 0.6 is 11.8 Å². The molecule has 0 aliphatic rings. The Morgan fingerprint density at radius 3 is 2.44 bits per heavy atom. The lowest BCUT2D eigenvalue weighted by molar-refractivity contribution is 0.600. The van der Waals surface area contributed by atoms with Gasteiger partial charge < -0.3 is 0 Å². The molecule has 0 aliphatic heterocycles. The topological polar surface area (TPSA) is 64.0 Å². The summed E-state index contributed by atoms with van der Waals surface area (Å²) in [5, 5.41) is 4.22. The van der Waals surface area contributed by atoms with Gasteiger partial charge in [0, 0.05) is 22.5 Å². The summed E-state index contributed by atoms with van der Waals surface area (Å²) < 4.78 is 29.9. The number of anilines is 1. The molecule has 0 saturated heterocycles. The number of nitrogens with one attached hydrogen (secondary N) is 1. The molecule has 0 bridgehead atoms. The molecule has 1 N–H and O–H groups in total. The van der Waals surface area contributed by atoms with Gasteiger partial charge in [-0.05, 0) is 38.1 Å². The molecule has 5 nitrogen and oxygen atoms in total. The van der Waals surface area contributed by atoms with E-state index in [2.05, 4.69) is 9.82 Å². The summed E-state index contributed by atoms with van der Waals surface area (Å²) in [6.07, 6.45) is 1.56. The number of hydrogen-bond acceptors (Lipinski definition) is 4. The van der Waals surface area contributed by atoms with Gasteiger partial charge in [-0.15, -0.1) is 0 Å². The Bertz CT molecular complexity index is 967. The van der Waals surface area contributed by atoms with Crippen LogP contribution in [0.3, 0.4) is 0 Å². The number of nitrogens with zero attached hydrogens (tertiary/aromatic N) is 2. The highest BCUT2D eigenvalue weighted by Crippen LogP contribution is 2.34. The zero-order chi connectivity index (χ0) is 17.9. The van der Waals surface area contributed by atoms with Crippen LogP contribution in [0, 0.1) is 6.92 Å². The molecule has 0 saturated carbocycles. The van der Waals surface area contributed by atoms with Gasteiger partial charge in [-0.25, -0.2) is 8.42 Å². The second kappa shape index (κ2) is 7.33. The third-order valence-electron chi connectivity index (χ3n) is 3.62. The number of rotatable bonds is 6. The van der Waals surface area contributed by atoms with Crippen LogP contribution in [0.2, 0.25) is 0 Å². The first-order valence-corrected chi connectivity index (χ1v) is 10.2. The zero-order valence-corrected chi connectivity index (χ0v) is 15.6. The molecule has 0 fully saturated rings. The van der Waals surface area contributed by atoms with Crippen molar-refractivity contribution in [2.45, 2.75) is 35.1 Å². The summed E-state index contributed by atoms with van der Waals surface area (Å²) in [4.78, 5) is 2.09. The first kappa shape index (κ1) is 17.6. The average Bonchev–Trinajstić information content (AvgIpc) is 2.99. The van der Waals surface area contributed by atoms with Gasteiger partial charge in [0.25, 0.3) is 10.0 Å². The van der Waals surface area contributed by atoms with Gasteiger partial charge in [0.2, 0.25) is 0 Å². The Balaban J connectivity index is 1.91. The number of para-hydroxylation sites is 1. The fraction of sp³-hybridized carbons (Fsp3) is 0.167. The smallest absolute Gasteiger partial charge is 0.265 e. The van der Waals surface area contributed by atoms with E-state index < -0.39 is 10.0 Å². The predicted octanol–water partition coefficient (Wildman–Crippen LogP) is 4.16. The largest absolute Gasteiger partial charge is 0.278 e. The zero-order valence-electron chi connectivity index (χ0n) is 14.0. The molecule has 0 spiro atoms. The first-order chi connectivity index (χ1) is 12.0. The number of aromatic nitrogens is 2. The summed E-state index contributed by atoms with van der Waals surface area (Å²) in [5.41, 5.74) is 1.04. The lowest BCUT2D eigenvalue weighted by Gasteiger charge is -2.12. The fourth-order valence-electron chi connectivity index (χ4n) is 2.38.